The number of benzene rings is 2. The van der Waals surface area contributed by atoms with Crippen LogP contribution in [0.3, 0.4) is 0 Å². The molecule has 0 aliphatic carbocycles. The summed E-state index contributed by atoms with van der Waals surface area (Å²) in [7, 11) is 1.23. The van der Waals surface area contributed by atoms with Gasteiger partial charge < -0.3 is 15.4 Å². The van der Waals surface area contributed by atoms with Gasteiger partial charge in [-0.1, -0.05) is 24.3 Å². The summed E-state index contributed by atoms with van der Waals surface area (Å²) >= 11 is 0. The normalized spacial score (nSPS) is 10.8. The maximum Gasteiger partial charge on any atom is 0.339 e. The van der Waals surface area contributed by atoms with Gasteiger partial charge in [-0.15, -0.1) is 0 Å². The van der Waals surface area contributed by atoms with Crippen molar-refractivity contribution in [3.8, 4) is 0 Å². The molecule has 0 bridgehead atoms. The molecule has 0 fully saturated rings. The number of carbonyl (C=O) groups is 3. The van der Waals surface area contributed by atoms with Gasteiger partial charge in [-0.25, -0.2) is 9.18 Å². The third kappa shape index (κ3) is 4.05. The van der Waals surface area contributed by atoms with Crippen molar-refractivity contribution >= 4 is 29.2 Å². The van der Waals surface area contributed by atoms with E-state index < -0.39 is 29.0 Å². The first-order valence-corrected chi connectivity index (χ1v) is 7.82. The Morgan fingerprint density at radius 3 is 1.96 bits per heavy atom. The van der Waals surface area contributed by atoms with E-state index >= 15 is 0 Å². The minimum Gasteiger partial charge on any atom is -0.465 e. The number of carbonyl (C=O) groups excluding carboxylic acids is 3. The summed E-state index contributed by atoms with van der Waals surface area (Å²) in [4.78, 5) is 36.8. The topological polar surface area (TPSA) is 84.5 Å². The van der Waals surface area contributed by atoms with Crippen LogP contribution >= 0.6 is 0 Å². The van der Waals surface area contributed by atoms with Crippen LogP contribution in [0, 0.1) is 11.2 Å². The Kier molecular flexibility index (Phi) is 5.71. The van der Waals surface area contributed by atoms with Crippen LogP contribution in [-0.4, -0.2) is 24.9 Å². The van der Waals surface area contributed by atoms with Gasteiger partial charge in [0.15, 0.2) is 0 Å². The minimum atomic E-state index is -1.52. The van der Waals surface area contributed by atoms with Gasteiger partial charge in [-0.3, -0.25) is 9.59 Å². The molecule has 0 aliphatic rings. The number of hydrogen-bond donors (Lipinski definition) is 2. The Labute approximate surface area is 150 Å². The van der Waals surface area contributed by atoms with Crippen molar-refractivity contribution in [3.63, 3.8) is 0 Å². The fraction of sp³-hybridized carbons (Fsp3) is 0.211. The second kappa shape index (κ2) is 7.77. The van der Waals surface area contributed by atoms with Crippen molar-refractivity contribution in [1.82, 2.24) is 0 Å². The largest absolute Gasteiger partial charge is 0.465 e. The van der Waals surface area contributed by atoms with E-state index in [0.717, 1.165) is 0 Å². The van der Waals surface area contributed by atoms with Crippen LogP contribution in [0.4, 0.5) is 15.8 Å². The minimum absolute atomic E-state index is 0.0201. The number of amides is 2. The fourth-order valence-electron chi connectivity index (χ4n) is 2.10. The summed E-state index contributed by atoms with van der Waals surface area (Å²) in [5.41, 5.74) is -1.16. The molecule has 26 heavy (non-hydrogen) atoms. The zero-order valence-corrected chi connectivity index (χ0v) is 14.6. The van der Waals surface area contributed by atoms with Gasteiger partial charge in [0.2, 0.25) is 11.8 Å². The van der Waals surface area contributed by atoms with Crippen molar-refractivity contribution in [1.29, 1.82) is 0 Å². The number of anilines is 2. The summed E-state index contributed by atoms with van der Waals surface area (Å²) in [5, 5.41) is 4.95. The summed E-state index contributed by atoms with van der Waals surface area (Å²) in [6.45, 7) is 2.80. The highest BCUT2D eigenvalue weighted by molar-refractivity contribution is 6.15. The highest BCUT2D eigenvalue weighted by Crippen LogP contribution is 2.24. The Morgan fingerprint density at radius 1 is 0.885 bits per heavy atom. The number of esters is 1. The third-order valence-electron chi connectivity index (χ3n) is 3.84. The summed E-state index contributed by atoms with van der Waals surface area (Å²) in [6, 6.07) is 11.9. The van der Waals surface area contributed by atoms with Crippen LogP contribution in [0.2, 0.25) is 0 Å². The lowest BCUT2D eigenvalue weighted by molar-refractivity contribution is -0.135. The standard InChI is InChI=1S/C19H19FN2O4/c1-19(2,18(25)22-15-11-7-5-9-13(15)20)17(24)21-14-10-6-4-8-12(14)16(23)26-3/h4-11H,1-3H3,(H,21,24)(H,22,25). The third-order valence-corrected chi connectivity index (χ3v) is 3.84. The molecule has 0 saturated heterocycles. The maximum absolute atomic E-state index is 13.7. The second-order valence-electron chi connectivity index (χ2n) is 6.05. The van der Waals surface area contributed by atoms with Crippen molar-refractivity contribution in [3.05, 3.63) is 59.9 Å². The SMILES string of the molecule is COC(=O)c1ccccc1NC(=O)C(C)(C)C(=O)Nc1ccccc1F. The van der Waals surface area contributed by atoms with Crippen molar-refractivity contribution < 1.29 is 23.5 Å². The van der Waals surface area contributed by atoms with E-state index in [4.69, 9.17) is 0 Å². The van der Waals surface area contributed by atoms with Crippen LogP contribution in [-0.2, 0) is 14.3 Å². The predicted octanol–water partition coefficient (Wildman–Crippen LogP) is 3.22. The second-order valence-corrected chi connectivity index (χ2v) is 6.05. The van der Waals surface area contributed by atoms with Gasteiger partial charge in [-0.05, 0) is 38.1 Å². The van der Waals surface area contributed by atoms with E-state index in [2.05, 4.69) is 15.4 Å². The zero-order valence-electron chi connectivity index (χ0n) is 14.6. The number of ether oxygens (including phenoxy) is 1. The average Bonchev–Trinajstić information content (AvgIpc) is 2.63. The van der Waals surface area contributed by atoms with Gasteiger partial charge in [0.05, 0.1) is 24.0 Å². The van der Waals surface area contributed by atoms with Gasteiger partial charge in [0.25, 0.3) is 0 Å². The lowest BCUT2D eigenvalue weighted by atomic mass is 9.90. The van der Waals surface area contributed by atoms with Crippen LogP contribution in [0.5, 0.6) is 0 Å². The molecule has 0 saturated carbocycles. The van der Waals surface area contributed by atoms with E-state index in [1.54, 1.807) is 18.2 Å². The van der Waals surface area contributed by atoms with Crippen molar-refractivity contribution in [2.24, 2.45) is 5.41 Å². The first-order valence-electron chi connectivity index (χ1n) is 7.82. The molecule has 0 heterocycles. The first kappa shape index (κ1) is 19.1. The first-order chi connectivity index (χ1) is 12.3. The zero-order chi connectivity index (χ0) is 19.3. The number of methoxy groups -OCH3 is 1. The monoisotopic (exact) mass is 358 g/mol. The summed E-state index contributed by atoms with van der Waals surface area (Å²) in [5.74, 6) is -2.55. The number of nitrogens with one attached hydrogen (secondary N) is 2. The number of rotatable bonds is 5. The lowest BCUT2D eigenvalue weighted by Crippen LogP contribution is -2.42. The van der Waals surface area contributed by atoms with E-state index in [1.807, 2.05) is 0 Å². The summed E-state index contributed by atoms with van der Waals surface area (Å²) < 4.78 is 18.4. The molecule has 2 aromatic rings. The Bertz CT molecular complexity index is 849. The van der Waals surface area contributed by atoms with Crippen LogP contribution in [0.15, 0.2) is 48.5 Å². The molecule has 2 N–H and O–H groups in total. The maximum atomic E-state index is 13.7. The van der Waals surface area contributed by atoms with E-state index in [9.17, 15) is 18.8 Å². The molecule has 2 rings (SSSR count). The molecule has 136 valence electrons. The molecule has 7 heteroatoms. The van der Waals surface area contributed by atoms with Crippen molar-refractivity contribution in [2.75, 3.05) is 17.7 Å². The number of halogens is 1. The highest BCUT2D eigenvalue weighted by Gasteiger charge is 2.37. The predicted molar refractivity (Wildman–Crippen MR) is 95.2 cm³/mol. The molecule has 2 amide bonds. The molecule has 0 unspecified atom stereocenters. The molecule has 0 atom stereocenters. The Balaban J connectivity index is 2.19. The van der Waals surface area contributed by atoms with Crippen molar-refractivity contribution in [2.45, 2.75) is 13.8 Å². The Morgan fingerprint density at radius 2 is 1.38 bits per heavy atom. The quantitative estimate of drug-likeness (QED) is 0.635. The molecule has 2 aromatic carbocycles. The molecule has 0 radical (unpaired) electrons. The lowest BCUT2D eigenvalue weighted by Gasteiger charge is -2.23. The average molecular weight is 358 g/mol. The van der Waals surface area contributed by atoms with Crippen LogP contribution in [0.1, 0.15) is 24.2 Å². The van der Waals surface area contributed by atoms with Crippen LogP contribution in [0.25, 0.3) is 0 Å². The smallest absolute Gasteiger partial charge is 0.339 e. The molecule has 0 spiro atoms. The van der Waals surface area contributed by atoms with E-state index in [-0.39, 0.29) is 16.9 Å². The molecule has 0 aliphatic heterocycles. The van der Waals surface area contributed by atoms with Gasteiger partial charge in [0, 0.05) is 0 Å². The highest BCUT2D eigenvalue weighted by atomic mass is 19.1. The van der Waals surface area contributed by atoms with Gasteiger partial charge >= 0.3 is 5.97 Å². The molecule has 6 nitrogen and oxygen atoms in total. The molecule has 0 aromatic heterocycles. The van der Waals surface area contributed by atoms with Crippen LogP contribution < -0.4 is 10.6 Å². The Hall–Kier alpha value is -3.22. The van der Waals surface area contributed by atoms with Gasteiger partial charge in [-0.2, -0.15) is 0 Å². The van der Waals surface area contributed by atoms with E-state index in [0.29, 0.717) is 0 Å². The fourth-order valence-corrected chi connectivity index (χ4v) is 2.10. The number of hydrogen-bond acceptors (Lipinski definition) is 4. The molecular weight excluding hydrogens is 339 g/mol. The summed E-state index contributed by atoms with van der Waals surface area (Å²) in [6.07, 6.45) is 0. The van der Waals surface area contributed by atoms with E-state index in [1.165, 1.54) is 51.3 Å². The van der Waals surface area contributed by atoms with Gasteiger partial charge in [0.1, 0.15) is 11.2 Å². The molecular formula is C19H19FN2O4. The number of para-hydroxylation sites is 2.